The molecule has 1 aromatic heterocycles. The second kappa shape index (κ2) is 5.79. The molecule has 2 N–H and O–H groups in total. The molecule has 0 atom stereocenters. The minimum absolute atomic E-state index is 0.575. The summed E-state index contributed by atoms with van der Waals surface area (Å²) in [6.45, 7) is 6.69. The molecule has 0 saturated carbocycles. The fraction of sp³-hybridized carbons (Fsp3) is 0.529. The van der Waals surface area contributed by atoms with E-state index in [0.717, 1.165) is 16.7 Å². The molecule has 21 heavy (non-hydrogen) atoms. The van der Waals surface area contributed by atoms with Gasteiger partial charge >= 0.3 is 0 Å². The maximum atomic E-state index is 10.4. The van der Waals surface area contributed by atoms with Crippen molar-refractivity contribution in [3.05, 3.63) is 35.1 Å². The van der Waals surface area contributed by atoms with E-state index in [2.05, 4.69) is 37.4 Å². The summed E-state index contributed by atoms with van der Waals surface area (Å²) in [5.41, 5.74) is 2.81. The van der Waals surface area contributed by atoms with Gasteiger partial charge in [0.1, 0.15) is 11.3 Å². The molecule has 2 heterocycles. The Labute approximate surface area is 125 Å². The predicted octanol–water partition coefficient (Wildman–Crippen LogP) is 2.68. The van der Waals surface area contributed by atoms with Crippen LogP contribution in [0.5, 0.6) is 0 Å². The number of furan rings is 1. The Morgan fingerprint density at radius 1 is 1.14 bits per heavy atom. The average molecular weight is 289 g/mol. The van der Waals surface area contributed by atoms with Gasteiger partial charge in [-0.25, -0.2) is 0 Å². The van der Waals surface area contributed by atoms with Gasteiger partial charge in [-0.15, -0.1) is 0 Å². The van der Waals surface area contributed by atoms with Gasteiger partial charge in [0.05, 0.1) is 12.1 Å². The van der Waals surface area contributed by atoms with Crippen molar-refractivity contribution in [2.24, 2.45) is 0 Å². The molecule has 1 aliphatic rings. The van der Waals surface area contributed by atoms with E-state index in [9.17, 15) is 5.11 Å². The molecule has 2 aromatic rings. The molecule has 4 nitrogen and oxygen atoms in total. The van der Waals surface area contributed by atoms with E-state index in [1.165, 1.54) is 11.1 Å². The molecule has 0 bridgehead atoms. The first-order valence-corrected chi connectivity index (χ1v) is 7.56. The lowest BCUT2D eigenvalue weighted by Crippen LogP contribution is -2.44. The van der Waals surface area contributed by atoms with E-state index in [1.807, 2.05) is 0 Å². The summed E-state index contributed by atoms with van der Waals surface area (Å²) in [4.78, 5) is 0. The van der Waals surface area contributed by atoms with Crippen molar-refractivity contribution in [1.29, 1.82) is 0 Å². The number of hydrogen-bond acceptors (Lipinski definition) is 4. The van der Waals surface area contributed by atoms with E-state index in [0.29, 0.717) is 39.1 Å². The highest BCUT2D eigenvalue weighted by atomic mass is 16.5. The fourth-order valence-corrected chi connectivity index (χ4v) is 2.79. The molecule has 1 aromatic carbocycles. The molecule has 4 heteroatoms. The highest BCUT2D eigenvalue weighted by Gasteiger charge is 2.29. The average Bonchev–Trinajstić information content (AvgIpc) is 2.81. The SMILES string of the molecule is Cc1cc2cc(CNCC3(O)CCOCC3)oc2cc1C. The van der Waals surface area contributed by atoms with Crippen LogP contribution in [0, 0.1) is 13.8 Å². The Morgan fingerprint density at radius 3 is 2.62 bits per heavy atom. The van der Waals surface area contributed by atoms with Crippen LogP contribution in [0.2, 0.25) is 0 Å². The van der Waals surface area contributed by atoms with E-state index < -0.39 is 5.60 Å². The summed E-state index contributed by atoms with van der Waals surface area (Å²) in [5, 5.41) is 14.8. The minimum atomic E-state index is -0.641. The molecule has 0 spiro atoms. The largest absolute Gasteiger partial charge is 0.460 e. The fourth-order valence-electron chi connectivity index (χ4n) is 2.79. The van der Waals surface area contributed by atoms with Gasteiger partial charge in [0.15, 0.2) is 0 Å². The number of benzene rings is 1. The van der Waals surface area contributed by atoms with Gasteiger partial charge < -0.3 is 19.6 Å². The molecule has 1 saturated heterocycles. The van der Waals surface area contributed by atoms with Gasteiger partial charge in [0.2, 0.25) is 0 Å². The van der Waals surface area contributed by atoms with Crippen LogP contribution in [-0.4, -0.2) is 30.5 Å². The van der Waals surface area contributed by atoms with Crippen LogP contribution in [0.4, 0.5) is 0 Å². The molecule has 0 aliphatic carbocycles. The van der Waals surface area contributed by atoms with Gasteiger partial charge in [-0.05, 0) is 43.2 Å². The summed E-state index contributed by atoms with van der Waals surface area (Å²) in [6.07, 6.45) is 1.39. The third kappa shape index (κ3) is 3.28. The van der Waals surface area contributed by atoms with Crippen molar-refractivity contribution >= 4 is 11.0 Å². The summed E-state index contributed by atoms with van der Waals surface area (Å²) in [6, 6.07) is 6.31. The summed E-state index contributed by atoms with van der Waals surface area (Å²) in [7, 11) is 0. The number of aryl methyl sites for hydroxylation is 2. The van der Waals surface area contributed by atoms with Crippen LogP contribution in [-0.2, 0) is 11.3 Å². The molecule has 1 aliphatic heterocycles. The van der Waals surface area contributed by atoms with Gasteiger partial charge in [-0.1, -0.05) is 0 Å². The maximum absolute atomic E-state index is 10.4. The van der Waals surface area contributed by atoms with Crippen molar-refractivity contribution in [2.45, 2.75) is 38.8 Å². The Hall–Kier alpha value is -1.36. The lowest BCUT2D eigenvalue weighted by molar-refractivity contribution is -0.0618. The Kier molecular flexibility index (Phi) is 4.02. The monoisotopic (exact) mass is 289 g/mol. The smallest absolute Gasteiger partial charge is 0.134 e. The van der Waals surface area contributed by atoms with Crippen molar-refractivity contribution in [2.75, 3.05) is 19.8 Å². The second-order valence-electron chi connectivity index (χ2n) is 6.13. The van der Waals surface area contributed by atoms with Crippen LogP contribution in [0.15, 0.2) is 22.6 Å². The van der Waals surface area contributed by atoms with E-state index in [1.54, 1.807) is 0 Å². The molecular weight excluding hydrogens is 266 g/mol. The minimum Gasteiger partial charge on any atom is -0.460 e. The standard InChI is InChI=1S/C17H23NO3/c1-12-7-14-9-15(21-16(14)8-13(12)2)10-18-11-17(19)3-5-20-6-4-17/h7-9,18-19H,3-6,10-11H2,1-2H3. The van der Waals surface area contributed by atoms with E-state index in [4.69, 9.17) is 9.15 Å². The number of aliphatic hydroxyl groups is 1. The van der Waals surface area contributed by atoms with Crippen LogP contribution in [0.3, 0.4) is 0 Å². The number of rotatable bonds is 4. The first kappa shape index (κ1) is 14.6. The molecule has 0 unspecified atom stereocenters. The summed E-state index contributed by atoms with van der Waals surface area (Å²) < 4.78 is 11.1. The summed E-state index contributed by atoms with van der Waals surface area (Å²) >= 11 is 0. The number of hydrogen-bond donors (Lipinski definition) is 2. The number of nitrogens with one attached hydrogen (secondary N) is 1. The van der Waals surface area contributed by atoms with Crippen molar-refractivity contribution in [3.8, 4) is 0 Å². The zero-order valence-electron chi connectivity index (χ0n) is 12.7. The third-order valence-electron chi connectivity index (χ3n) is 4.36. The van der Waals surface area contributed by atoms with Crippen LogP contribution in [0.1, 0.15) is 29.7 Å². The van der Waals surface area contributed by atoms with Gasteiger partial charge in [-0.2, -0.15) is 0 Å². The maximum Gasteiger partial charge on any atom is 0.134 e. The molecule has 0 amide bonds. The second-order valence-corrected chi connectivity index (χ2v) is 6.13. The third-order valence-corrected chi connectivity index (χ3v) is 4.36. The molecule has 1 fully saturated rings. The van der Waals surface area contributed by atoms with Gasteiger partial charge in [0, 0.05) is 38.0 Å². The lowest BCUT2D eigenvalue weighted by atomic mass is 9.94. The summed E-state index contributed by atoms with van der Waals surface area (Å²) in [5.74, 6) is 0.908. The van der Waals surface area contributed by atoms with Crippen LogP contribution < -0.4 is 5.32 Å². The molecular formula is C17H23NO3. The normalized spacial score (nSPS) is 18.2. The predicted molar refractivity (Wildman–Crippen MR) is 82.4 cm³/mol. The zero-order valence-corrected chi connectivity index (χ0v) is 12.7. The van der Waals surface area contributed by atoms with Crippen molar-refractivity contribution < 1.29 is 14.3 Å². The Bertz CT molecular complexity index is 587. The van der Waals surface area contributed by atoms with E-state index in [-0.39, 0.29) is 0 Å². The van der Waals surface area contributed by atoms with Crippen LogP contribution in [0.25, 0.3) is 11.0 Å². The van der Waals surface area contributed by atoms with Crippen molar-refractivity contribution in [3.63, 3.8) is 0 Å². The highest BCUT2D eigenvalue weighted by Crippen LogP contribution is 2.24. The Morgan fingerprint density at radius 2 is 1.86 bits per heavy atom. The van der Waals surface area contributed by atoms with Gasteiger partial charge in [0.25, 0.3) is 0 Å². The van der Waals surface area contributed by atoms with Gasteiger partial charge in [-0.3, -0.25) is 0 Å². The Balaban J connectivity index is 1.63. The first-order chi connectivity index (χ1) is 10.1. The molecule has 3 rings (SSSR count). The van der Waals surface area contributed by atoms with E-state index >= 15 is 0 Å². The topological polar surface area (TPSA) is 54.6 Å². The van der Waals surface area contributed by atoms with Crippen molar-refractivity contribution in [1.82, 2.24) is 5.32 Å². The van der Waals surface area contributed by atoms with Crippen LogP contribution >= 0.6 is 0 Å². The quantitative estimate of drug-likeness (QED) is 0.908. The number of fused-ring (bicyclic) bond motifs is 1. The zero-order chi connectivity index (χ0) is 14.9. The number of ether oxygens (including phenoxy) is 1. The molecule has 0 radical (unpaired) electrons. The lowest BCUT2D eigenvalue weighted by Gasteiger charge is -2.32. The molecule has 114 valence electrons. The highest BCUT2D eigenvalue weighted by molar-refractivity contribution is 5.79. The first-order valence-electron chi connectivity index (χ1n) is 7.56.